The minimum atomic E-state index is 0.487. The van der Waals surface area contributed by atoms with Gasteiger partial charge in [-0.25, -0.2) is 0 Å². The van der Waals surface area contributed by atoms with Gasteiger partial charge in [-0.2, -0.15) is 0 Å². The van der Waals surface area contributed by atoms with E-state index in [2.05, 4.69) is 11.4 Å². The van der Waals surface area contributed by atoms with E-state index in [4.69, 9.17) is 4.74 Å². The fourth-order valence-electron chi connectivity index (χ4n) is 2.33. The second kappa shape index (κ2) is 6.58. The molecule has 110 valence electrons. The van der Waals surface area contributed by atoms with Crippen LogP contribution in [0.25, 0.3) is 10.4 Å². The van der Waals surface area contributed by atoms with Crippen molar-refractivity contribution in [2.24, 2.45) is 0 Å². The highest BCUT2D eigenvalue weighted by atomic mass is 32.1. The summed E-state index contributed by atoms with van der Waals surface area (Å²) in [5.74, 6) is 0.746. The Morgan fingerprint density at radius 3 is 2.59 bits per heavy atom. The second-order valence-electron chi connectivity index (χ2n) is 5.10. The molecule has 3 aromatic rings. The van der Waals surface area contributed by atoms with Crippen LogP contribution >= 0.6 is 11.3 Å². The third-order valence-electron chi connectivity index (χ3n) is 3.40. The van der Waals surface area contributed by atoms with Crippen LogP contribution < -0.4 is 4.74 Å². The van der Waals surface area contributed by atoms with Crippen LogP contribution in [0.4, 0.5) is 0 Å². The monoisotopic (exact) mass is 308 g/mol. The van der Waals surface area contributed by atoms with E-state index < -0.39 is 0 Å². The molecule has 0 aliphatic carbocycles. The molecule has 0 fully saturated rings. The molecule has 0 aliphatic rings. The first-order chi connectivity index (χ1) is 10.8. The summed E-state index contributed by atoms with van der Waals surface area (Å²) < 4.78 is 5.98. The molecular weight excluding hydrogens is 292 g/mol. The van der Waals surface area contributed by atoms with Crippen molar-refractivity contribution < 1.29 is 9.53 Å². The maximum absolute atomic E-state index is 11.4. The second-order valence-corrected chi connectivity index (χ2v) is 6.01. The molecule has 3 rings (SSSR count). The van der Waals surface area contributed by atoms with Gasteiger partial charge in [0.05, 0.1) is 0 Å². The molecule has 0 bridgehead atoms. The van der Waals surface area contributed by atoms with Crippen LogP contribution in [-0.4, -0.2) is 6.29 Å². The lowest BCUT2D eigenvalue weighted by atomic mass is 10.1. The summed E-state index contributed by atoms with van der Waals surface area (Å²) in [5.41, 5.74) is 3.83. The Morgan fingerprint density at radius 1 is 1.09 bits per heavy atom. The minimum Gasteiger partial charge on any atom is -0.488 e. The fraction of sp³-hybridized carbons (Fsp3) is 0.105. The first kappa shape index (κ1) is 14.5. The van der Waals surface area contributed by atoms with E-state index in [0.29, 0.717) is 12.2 Å². The molecule has 0 spiro atoms. The zero-order valence-electron chi connectivity index (χ0n) is 12.3. The van der Waals surface area contributed by atoms with E-state index in [0.717, 1.165) is 28.0 Å². The Bertz CT molecular complexity index is 775. The van der Waals surface area contributed by atoms with Gasteiger partial charge in [0.25, 0.3) is 0 Å². The van der Waals surface area contributed by atoms with E-state index in [-0.39, 0.29) is 0 Å². The average Bonchev–Trinajstić information content (AvgIpc) is 2.99. The van der Waals surface area contributed by atoms with Crippen LogP contribution in [0.5, 0.6) is 5.75 Å². The number of carbonyl (C=O) groups is 1. The Morgan fingerprint density at radius 2 is 1.91 bits per heavy atom. The molecule has 1 heterocycles. The van der Waals surface area contributed by atoms with Crippen LogP contribution in [0.1, 0.15) is 21.5 Å². The van der Waals surface area contributed by atoms with Crippen molar-refractivity contribution in [2.75, 3.05) is 0 Å². The molecule has 2 nitrogen and oxygen atoms in total. The molecule has 0 atom stereocenters. The molecule has 0 aliphatic heterocycles. The Labute approximate surface area is 134 Å². The molecule has 0 saturated heterocycles. The SMILES string of the molecule is Cc1csc(-c2c(C=O)cccc2OCc2ccccc2)c1. The van der Waals surface area contributed by atoms with Crippen molar-refractivity contribution in [2.45, 2.75) is 13.5 Å². The number of rotatable bonds is 5. The number of hydrogen-bond donors (Lipinski definition) is 0. The predicted octanol–water partition coefficient (Wildman–Crippen LogP) is 5.12. The number of benzene rings is 2. The van der Waals surface area contributed by atoms with Crippen molar-refractivity contribution >= 4 is 17.6 Å². The smallest absolute Gasteiger partial charge is 0.150 e. The van der Waals surface area contributed by atoms with Crippen LogP contribution in [0.2, 0.25) is 0 Å². The average molecular weight is 308 g/mol. The van der Waals surface area contributed by atoms with E-state index in [9.17, 15) is 4.79 Å². The molecule has 2 aromatic carbocycles. The first-order valence-electron chi connectivity index (χ1n) is 7.08. The highest BCUT2D eigenvalue weighted by Crippen LogP contribution is 2.37. The molecule has 3 heteroatoms. The van der Waals surface area contributed by atoms with Gasteiger partial charge in [0.2, 0.25) is 0 Å². The molecule has 1 aromatic heterocycles. The largest absolute Gasteiger partial charge is 0.488 e. The third-order valence-corrected chi connectivity index (χ3v) is 4.47. The standard InChI is InChI=1S/C19H16O2S/c1-14-10-18(22-13-14)19-16(11-20)8-5-9-17(19)21-12-15-6-3-2-4-7-15/h2-11,13H,12H2,1H3. The third kappa shape index (κ3) is 3.10. The Balaban J connectivity index is 1.95. The van der Waals surface area contributed by atoms with Crippen molar-refractivity contribution in [3.63, 3.8) is 0 Å². The fourth-order valence-corrected chi connectivity index (χ4v) is 3.30. The summed E-state index contributed by atoms with van der Waals surface area (Å²) in [7, 11) is 0. The maximum Gasteiger partial charge on any atom is 0.150 e. The number of ether oxygens (including phenoxy) is 1. The number of aldehydes is 1. The zero-order valence-corrected chi connectivity index (χ0v) is 13.1. The number of thiophene rings is 1. The van der Waals surface area contributed by atoms with Gasteiger partial charge in [-0.3, -0.25) is 4.79 Å². The van der Waals surface area contributed by atoms with Crippen LogP contribution in [0.15, 0.2) is 60.0 Å². The molecule has 0 radical (unpaired) electrons. The van der Waals surface area contributed by atoms with Gasteiger partial charge in [-0.1, -0.05) is 42.5 Å². The number of carbonyl (C=O) groups excluding carboxylic acids is 1. The van der Waals surface area contributed by atoms with Gasteiger partial charge >= 0.3 is 0 Å². The lowest BCUT2D eigenvalue weighted by Crippen LogP contribution is -1.98. The predicted molar refractivity (Wildman–Crippen MR) is 90.7 cm³/mol. The quantitative estimate of drug-likeness (QED) is 0.612. The zero-order chi connectivity index (χ0) is 15.4. The summed E-state index contributed by atoms with van der Waals surface area (Å²) >= 11 is 1.63. The highest BCUT2D eigenvalue weighted by molar-refractivity contribution is 7.13. The molecular formula is C19H16O2S. The van der Waals surface area contributed by atoms with Gasteiger partial charge in [0.1, 0.15) is 12.4 Å². The van der Waals surface area contributed by atoms with E-state index in [1.54, 1.807) is 11.3 Å². The summed E-state index contributed by atoms with van der Waals surface area (Å²) in [6.07, 6.45) is 0.889. The molecule has 0 amide bonds. The molecule has 22 heavy (non-hydrogen) atoms. The number of aryl methyl sites for hydroxylation is 1. The van der Waals surface area contributed by atoms with E-state index in [1.807, 2.05) is 55.5 Å². The minimum absolute atomic E-state index is 0.487. The highest BCUT2D eigenvalue weighted by Gasteiger charge is 2.13. The van der Waals surface area contributed by atoms with Crippen LogP contribution in [0, 0.1) is 6.92 Å². The molecule has 0 unspecified atom stereocenters. The Hall–Kier alpha value is -2.39. The van der Waals surface area contributed by atoms with Gasteiger partial charge in [-0.05, 0) is 35.6 Å². The van der Waals surface area contributed by atoms with Gasteiger partial charge in [-0.15, -0.1) is 11.3 Å². The van der Waals surface area contributed by atoms with Crippen molar-refractivity contribution in [3.8, 4) is 16.2 Å². The van der Waals surface area contributed by atoms with Crippen molar-refractivity contribution in [3.05, 3.63) is 76.7 Å². The van der Waals surface area contributed by atoms with Gasteiger partial charge < -0.3 is 4.74 Å². The summed E-state index contributed by atoms with van der Waals surface area (Å²) in [5, 5.41) is 2.08. The molecule has 0 N–H and O–H groups in total. The van der Waals surface area contributed by atoms with Crippen molar-refractivity contribution in [1.82, 2.24) is 0 Å². The lowest BCUT2D eigenvalue weighted by molar-refractivity contribution is 0.112. The number of hydrogen-bond acceptors (Lipinski definition) is 3. The van der Waals surface area contributed by atoms with Crippen LogP contribution in [-0.2, 0) is 6.61 Å². The van der Waals surface area contributed by atoms with Crippen molar-refractivity contribution in [1.29, 1.82) is 0 Å². The summed E-state index contributed by atoms with van der Waals surface area (Å²) in [6, 6.07) is 17.7. The normalized spacial score (nSPS) is 10.4. The van der Waals surface area contributed by atoms with Crippen LogP contribution in [0.3, 0.4) is 0 Å². The molecule has 0 saturated carbocycles. The van der Waals surface area contributed by atoms with Gasteiger partial charge in [0.15, 0.2) is 6.29 Å². The van der Waals surface area contributed by atoms with Gasteiger partial charge in [0, 0.05) is 16.0 Å². The van der Waals surface area contributed by atoms with E-state index >= 15 is 0 Å². The first-order valence-corrected chi connectivity index (χ1v) is 7.96. The van der Waals surface area contributed by atoms with E-state index in [1.165, 1.54) is 5.56 Å². The summed E-state index contributed by atoms with van der Waals surface area (Å²) in [6.45, 7) is 2.54. The lowest BCUT2D eigenvalue weighted by Gasteiger charge is -2.12. The Kier molecular flexibility index (Phi) is 4.35. The topological polar surface area (TPSA) is 26.3 Å². The maximum atomic E-state index is 11.4. The summed E-state index contributed by atoms with van der Waals surface area (Å²) in [4.78, 5) is 12.4.